The highest BCUT2D eigenvalue weighted by Crippen LogP contribution is 2.14. The minimum atomic E-state index is -0.245. The first-order chi connectivity index (χ1) is 10.2. The highest BCUT2D eigenvalue weighted by molar-refractivity contribution is 6.30. The third-order valence-electron chi connectivity index (χ3n) is 2.94. The van der Waals surface area contributed by atoms with Crippen LogP contribution in [0.4, 0.5) is 10.5 Å². The van der Waals surface area contributed by atoms with Crippen LogP contribution in [0.1, 0.15) is 5.56 Å². The highest BCUT2D eigenvalue weighted by Gasteiger charge is 2.02. The molecule has 0 fully saturated rings. The molecule has 2 aromatic carbocycles. The largest absolute Gasteiger partial charge is 0.497 e. The molecular weight excluding hydrogens is 288 g/mol. The van der Waals surface area contributed by atoms with Gasteiger partial charge in [0.2, 0.25) is 0 Å². The number of anilines is 1. The van der Waals surface area contributed by atoms with Gasteiger partial charge in [-0.2, -0.15) is 0 Å². The van der Waals surface area contributed by atoms with E-state index in [0.29, 0.717) is 17.3 Å². The van der Waals surface area contributed by atoms with E-state index in [1.807, 2.05) is 24.3 Å². The summed E-state index contributed by atoms with van der Waals surface area (Å²) < 4.78 is 5.10. The molecule has 0 atom stereocenters. The number of carbonyl (C=O) groups excluding carboxylic acids is 1. The summed E-state index contributed by atoms with van der Waals surface area (Å²) in [5, 5.41) is 6.12. The van der Waals surface area contributed by atoms with Crippen LogP contribution in [-0.4, -0.2) is 19.7 Å². The van der Waals surface area contributed by atoms with Crippen molar-refractivity contribution in [3.63, 3.8) is 0 Å². The Morgan fingerprint density at radius 3 is 2.62 bits per heavy atom. The Labute approximate surface area is 129 Å². The number of benzene rings is 2. The van der Waals surface area contributed by atoms with Crippen molar-refractivity contribution in [2.24, 2.45) is 0 Å². The van der Waals surface area contributed by atoms with Gasteiger partial charge in [-0.15, -0.1) is 0 Å². The van der Waals surface area contributed by atoms with E-state index in [1.165, 1.54) is 0 Å². The monoisotopic (exact) mass is 304 g/mol. The molecule has 0 radical (unpaired) electrons. The van der Waals surface area contributed by atoms with Gasteiger partial charge in [-0.3, -0.25) is 0 Å². The molecule has 2 rings (SSSR count). The fourth-order valence-electron chi connectivity index (χ4n) is 1.85. The van der Waals surface area contributed by atoms with Gasteiger partial charge in [0.15, 0.2) is 0 Å². The average Bonchev–Trinajstić information content (AvgIpc) is 2.48. The summed E-state index contributed by atoms with van der Waals surface area (Å²) in [5.74, 6) is 0.824. The minimum Gasteiger partial charge on any atom is -0.497 e. The van der Waals surface area contributed by atoms with Crippen LogP contribution in [0.15, 0.2) is 48.5 Å². The molecule has 0 aliphatic carbocycles. The van der Waals surface area contributed by atoms with E-state index in [9.17, 15) is 4.79 Å². The number of ether oxygens (including phenoxy) is 1. The van der Waals surface area contributed by atoms with E-state index < -0.39 is 0 Å². The van der Waals surface area contributed by atoms with Gasteiger partial charge < -0.3 is 15.4 Å². The number of amides is 2. The lowest BCUT2D eigenvalue weighted by molar-refractivity contribution is 0.252. The number of halogens is 1. The van der Waals surface area contributed by atoms with E-state index in [2.05, 4.69) is 10.6 Å². The van der Waals surface area contributed by atoms with Crippen LogP contribution in [0.5, 0.6) is 5.75 Å². The lowest BCUT2D eigenvalue weighted by Gasteiger charge is -2.08. The fraction of sp³-hybridized carbons (Fsp3) is 0.188. The van der Waals surface area contributed by atoms with Gasteiger partial charge in [0, 0.05) is 17.3 Å². The van der Waals surface area contributed by atoms with Crippen molar-refractivity contribution in [3.8, 4) is 5.75 Å². The molecule has 0 bridgehead atoms. The number of urea groups is 1. The molecule has 21 heavy (non-hydrogen) atoms. The number of rotatable bonds is 5. The van der Waals surface area contributed by atoms with Crippen molar-refractivity contribution < 1.29 is 9.53 Å². The fourth-order valence-corrected chi connectivity index (χ4v) is 2.04. The maximum absolute atomic E-state index is 11.7. The standard InChI is InChI=1S/C16H17ClN2O2/c1-21-15-7-5-12(6-8-15)9-10-18-16(20)19-14-4-2-3-13(17)11-14/h2-8,11H,9-10H2,1H3,(H2,18,19,20). The van der Waals surface area contributed by atoms with Crippen LogP contribution >= 0.6 is 11.6 Å². The van der Waals surface area contributed by atoms with Crippen molar-refractivity contribution >= 4 is 23.3 Å². The first-order valence-corrected chi connectivity index (χ1v) is 6.98. The zero-order valence-electron chi connectivity index (χ0n) is 11.7. The van der Waals surface area contributed by atoms with Gasteiger partial charge in [0.1, 0.15) is 5.75 Å². The molecule has 2 N–H and O–H groups in total. The lowest BCUT2D eigenvalue weighted by Crippen LogP contribution is -2.30. The first-order valence-electron chi connectivity index (χ1n) is 6.61. The van der Waals surface area contributed by atoms with Gasteiger partial charge in [0.25, 0.3) is 0 Å². The van der Waals surface area contributed by atoms with Crippen molar-refractivity contribution in [1.82, 2.24) is 5.32 Å². The molecule has 2 aromatic rings. The van der Waals surface area contributed by atoms with Gasteiger partial charge in [0.05, 0.1) is 7.11 Å². The second-order valence-corrected chi connectivity index (χ2v) is 4.93. The van der Waals surface area contributed by atoms with Crippen LogP contribution in [0.25, 0.3) is 0 Å². The molecule has 4 nitrogen and oxygen atoms in total. The summed E-state index contributed by atoms with van der Waals surface area (Å²) in [6.45, 7) is 0.554. The van der Waals surface area contributed by atoms with E-state index >= 15 is 0 Å². The van der Waals surface area contributed by atoms with Gasteiger partial charge >= 0.3 is 6.03 Å². The predicted octanol–water partition coefficient (Wildman–Crippen LogP) is 3.71. The SMILES string of the molecule is COc1ccc(CCNC(=O)Nc2cccc(Cl)c2)cc1. The summed E-state index contributed by atoms with van der Waals surface area (Å²) in [6, 6.07) is 14.6. The van der Waals surface area contributed by atoms with Crippen LogP contribution in [-0.2, 0) is 6.42 Å². The van der Waals surface area contributed by atoms with Gasteiger partial charge in [-0.1, -0.05) is 29.8 Å². The van der Waals surface area contributed by atoms with E-state index in [0.717, 1.165) is 17.7 Å². The Hall–Kier alpha value is -2.20. The van der Waals surface area contributed by atoms with E-state index in [4.69, 9.17) is 16.3 Å². The zero-order chi connectivity index (χ0) is 15.1. The van der Waals surface area contributed by atoms with E-state index in [1.54, 1.807) is 31.4 Å². The smallest absolute Gasteiger partial charge is 0.319 e. The number of hydrogen-bond donors (Lipinski definition) is 2. The molecule has 0 aromatic heterocycles. The summed E-state index contributed by atoms with van der Waals surface area (Å²) in [4.78, 5) is 11.7. The molecule has 0 aliphatic rings. The van der Waals surface area contributed by atoms with Crippen molar-refractivity contribution in [2.45, 2.75) is 6.42 Å². The normalized spacial score (nSPS) is 10.0. The molecule has 0 unspecified atom stereocenters. The summed E-state index contributed by atoms with van der Waals surface area (Å²) in [5.41, 5.74) is 1.81. The summed E-state index contributed by atoms with van der Waals surface area (Å²) >= 11 is 5.86. The highest BCUT2D eigenvalue weighted by atomic mass is 35.5. The Morgan fingerprint density at radius 2 is 1.95 bits per heavy atom. The Balaban J connectivity index is 1.76. The Bertz CT molecular complexity index is 599. The summed E-state index contributed by atoms with van der Waals surface area (Å²) in [6.07, 6.45) is 0.757. The maximum atomic E-state index is 11.7. The molecule has 0 saturated heterocycles. The molecule has 0 saturated carbocycles. The molecule has 2 amide bonds. The van der Waals surface area contributed by atoms with Crippen LogP contribution in [0.2, 0.25) is 5.02 Å². The first kappa shape index (κ1) is 15.2. The van der Waals surface area contributed by atoms with Crippen LogP contribution in [0.3, 0.4) is 0 Å². The van der Waals surface area contributed by atoms with Gasteiger partial charge in [-0.25, -0.2) is 4.79 Å². The maximum Gasteiger partial charge on any atom is 0.319 e. The third kappa shape index (κ3) is 5.00. The molecule has 5 heteroatoms. The number of nitrogens with one attached hydrogen (secondary N) is 2. The number of carbonyl (C=O) groups is 1. The van der Waals surface area contributed by atoms with Crippen LogP contribution < -0.4 is 15.4 Å². The Morgan fingerprint density at radius 1 is 1.19 bits per heavy atom. The van der Waals surface area contributed by atoms with Crippen molar-refractivity contribution in [3.05, 3.63) is 59.1 Å². The number of hydrogen-bond acceptors (Lipinski definition) is 2. The molecule has 0 heterocycles. The second kappa shape index (κ2) is 7.55. The quantitative estimate of drug-likeness (QED) is 0.884. The van der Waals surface area contributed by atoms with Crippen molar-refractivity contribution in [2.75, 3.05) is 19.0 Å². The molecule has 110 valence electrons. The zero-order valence-corrected chi connectivity index (χ0v) is 12.5. The molecule has 0 spiro atoms. The Kier molecular flexibility index (Phi) is 5.46. The molecular formula is C16H17ClN2O2. The summed E-state index contributed by atoms with van der Waals surface area (Å²) in [7, 11) is 1.64. The van der Waals surface area contributed by atoms with E-state index in [-0.39, 0.29) is 6.03 Å². The number of methoxy groups -OCH3 is 1. The second-order valence-electron chi connectivity index (χ2n) is 4.49. The average molecular weight is 305 g/mol. The lowest BCUT2D eigenvalue weighted by atomic mass is 10.1. The molecule has 0 aliphatic heterocycles. The topological polar surface area (TPSA) is 50.4 Å². The van der Waals surface area contributed by atoms with Crippen molar-refractivity contribution in [1.29, 1.82) is 0 Å². The predicted molar refractivity (Wildman–Crippen MR) is 85.2 cm³/mol. The van der Waals surface area contributed by atoms with Crippen LogP contribution in [0, 0.1) is 0 Å². The third-order valence-corrected chi connectivity index (χ3v) is 3.18. The minimum absolute atomic E-state index is 0.245. The van der Waals surface area contributed by atoms with Gasteiger partial charge in [-0.05, 0) is 42.3 Å².